The van der Waals surface area contributed by atoms with Crippen LogP contribution < -0.4 is 0 Å². The van der Waals surface area contributed by atoms with E-state index in [0.29, 0.717) is 13.5 Å². The van der Waals surface area contributed by atoms with Gasteiger partial charge in [-0.1, -0.05) is 63.7 Å². The zero-order valence-corrected chi connectivity index (χ0v) is 15.8. The minimum Gasteiger partial charge on any atom is -0.430 e. The molecule has 23 heavy (non-hydrogen) atoms. The fourth-order valence-corrected chi connectivity index (χ4v) is 2.42. The van der Waals surface area contributed by atoms with Gasteiger partial charge in [-0.15, -0.1) is 0 Å². The second kappa shape index (κ2) is 14.3. The third-order valence-corrected chi connectivity index (χ3v) is 4.04. The maximum atomic E-state index is 5.37. The van der Waals surface area contributed by atoms with Crippen molar-refractivity contribution in [2.24, 2.45) is 0 Å². The molecule has 0 saturated heterocycles. The predicted octanol–water partition coefficient (Wildman–Crippen LogP) is 5.12. The van der Waals surface area contributed by atoms with Crippen molar-refractivity contribution in [3.8, 4) is 24.1 Å². The van der Waals surface area contributed by atoms with Crippen LogP contribution in [0.15, 0.2) is 0 Å². The van der Waals surface area contributed by atoms with E-state index in [1.807, 2.05) is 0 Å². The topological polar surface area (TPSA) is 21.7 Å². The molecule has 0 aliphatic rings. The summed E-state index contributed by atoms with van der Waals surface area (Å²) in [7, 11) is 0. The van der Waals surface area contributed by atoms with Gasteiger partial charge in [0.25, 0.3) is 0 Å². The molecule has 0 N–H and O–H groups in total. The summed E-state index contributed by atoms with van der Waals surface area (Å²) in [6.07, 6.45) is 15.7. The molecule has 0 fully saturated rings. The van der Waals surface area contributed by atoms with Crippen molar-refractivity contribution in [2.75, 3.05) is 13.5 Å². The standard InChI is InChI=1S/C20H35NO2/c1-6-9-10-11-12-13-14-15-20(4,5)21(18-22-16-7-2)19-23-17-8-3/h6,9-15,18-19H2,1-5H3. The molecule has 0 atom stereocenters. The number of hydrogen-bond acceptors (Lipinski definition) is 3. The van der Waals surface area contributed by atoms with Gasteiger partial charge in [-0.05, 0) is 20.3 Å². The number of unbranched alkanes of at least 4 members (excludes halogenated alkanes) is 6. The van der Waals surface area contributed by atoms with E-state index in [0.717, 1.165) is 6.42 Å². The average molecular weight is 322 g/mol. The van der Waals surface area contributed by atoms with E-state index in [2.05, 4.69) is 49.7 Å². The van der Waals surface area contributed by atoms with Crippen LogP contribution in [-0.4, -0.2) is 23.9 Å². The SMILES string of the molecule is CC#COCN(COC#CC)C(C)(C)CCCCCCCCC. The van der Waals surface area contributed by atoms with E-state index >= 15 is 0 Å². The summed E-state index contributed by atoms with van der Waals surface area (Å²) in [4.78, 5) is 2.15. The molecule has 3 nitrogen and oxygen atoms in total. The van der Waals surface area contributed by atoms with Crippen LogP contribution in [0.5, 0.6) is 0 Å². The molecule has 0 amide bonds. The quantitative estimate of drug-likeness (QED) is 0.267. The summed E-state index contributed by atoms with van der Waals surface area (Å²) in [5.41, 5.74) is 0.00820. The largest absolute Gasteiger partial charge is 0.430 e. The second-order valence-corrected chi connectivity index (χ2v) is 6.47. The van der Waals surface area contributed by atoms with Crippen molar-refractivity contribution in [1.29, 1.82) is 0 Å². The van der Waals surface area contributed by atoms with E-state index < -0.39 is 0 Å². The Morgan fingerprint density at radius 1 is 0.783 bits per heavy atom. The Balaban J connectivity index is 4.21. The van der Waals surface area contributed by atoms with Gasteiger partial charge in [0.05, 0.1) is 0 Å². The van der Waals surface area contributed by atoms with E-state index in [1.165, 1.54) is 44.9 Å². The van der Waals surface area contributed by atoms with Crippen LogP contribution in [0.3, 0.4) is 0 Å². The summed E-state index contributed by atoms with van der Waals surface area (Å²) < 4.78 is 10.7. The van der Waals surface area contributed by atoms with Crippen LogP contribution in [0.1, 0.15) is 86.0 Å². The van der Waals surface area contributed by atoms with Crippen LogP contribution in [0.4, 0.5) is 0 Å². The first-order chi connectivity index (χ1) is 11.1. The van der Waals surface area contributed by atoms with Crippen molar-refractivity contribution in [1.82, 2.24) is 4.90 Å². The van der Waals surface area contributed by atoms with Gasteiger partial charge in [-0.3, -0.25) is 0 Å². The third-order valence-electron chi connectivity index (χ3n) is 4.04. The predicted molar refractivity (Wildman–Crippen MR) is 97.3 cm³/mol. The Morgan fingerprint density at radius 3 is 1.74 bits per heavy atom. The van der Waals surface area contributed by atoms with Gasteiger partial charge in [-0.25, -0.2) is 4.90 Å². The molecule has 0 heterocycles. The Hall–Kier alpha value is -1.32. The number of ether oxygens (including phenoxy) is 2. The maximum Gasteiger partial charge on any atom is 0.157 e. The molecule has 0 aliphatic heterocycles. The highest BCUT2D eigenvalue weighted by Crippen LogP contribution is 2.22. The van der Waals surface area contributed by atoms with Gasteiger partial charge in [0.1, 0.15) is 12.2 Å². The Kier molecular flexibility index (Phi) is 13.5. The molecule has 0 bridgehead atoms. The minimum atomic E-state index is 0.00820. The lowest BCUT2D eigenvalue weighted by atomic mass is 9.94. The highest BCUT2D eigenvalue weighted by Gasteiger charge is 2.27. The molecule has 0 unspecified atom stereocenters. The molecule has 132 valence electrons. The Bertz CT molecular complexity index is 371. The summed E-state index contributed by atoms with van der Waals surface area (Å²) in [5.74, 6) is 5.50. The first-order valence-electron chi connectivity index (χ1n) is 8.90. The van der Waals surface area contributed by atoms with Crippen molar-refractivity contribution in [2.45, 2.75) is 91.5 Å². The van der Waals surface area contributed by atoms with Gasteiger partial charge in [0.2, 0.25) is 0 Å². The first-order valence-corrected chi connectivity index (χ1v) is 8.90. The van der Waals surface area contributed by atoms with Gasteiger partial charge in [-0.2, -0.15) is 0 Å². The highest BCUT2D eigenvalue weighted by atomic mass is 16.5. The lowest BCUT2D eigenvalue weighted by Crippen LogP contribution is -2.45. The van der Waals surface area contributed by atoms with Gasteiger partial charge in [0.15, 0.2) is 13.5 Å². The van der Waals surface area contributed by atoms with Crippen molar-refractivity contribution in [3.63, 3.8) is 0 Å². The Labute approximate surface area is 144 Å². The van der Waals surface area contributed by atoms with Crippen LogP contribution in [0.25, 0.3) is 0 Å². The van der Waals surface area contributed by atoms with Gasteiger partial charge >= 0.3 is 0 Å². The lowest BCUT2D eigenvalue weighted by Gasteiger charge is -2.36. The molecule has 3 heteroatoms. The summed E-state index contributed by atoms with van der Waals surface area (Å²) in [6.45, 7) is 11.1. The summed E-state index contributed by atoms with van der Waals surface area (Å²) in [6, 6.07) is 0. The molecule has 0 rings (SSSR count). The van der Waals surface area contributed by atoms with Gasteiger partial charge < -0.3 is 9.47 Å². The lowest BCUT2D eigenvalue weighted by molar-refractivity contribution is -0.0418. The smallest absolute Gasteiger partial charge is 0.157 e. The van der Waals surface area contributed by atoms with E-state index in [9.17, 15) is 0 Å². The summed E-state index contributed by atoms with van der Waals surface area (Å²) >= 11 is 0. The number of nitrogens with zero attached hydrogens (tertiary/aromatic N) is 1. The molecular formula is C20H35NO2. The monoisotopic (exact) mass is 321 g/mol. The first kappa shape index (κ1) is 21.7. The fourth-order valence-electron chi connectivity index (χ4n) is 2.42. The molecule has 0 saturated carbocycles. The van der Waals surface area contributed by atoms with E-state index in [1.54, 1.807) is 13.8 Å². The zero-order chi connectivity index (χ0) is 17.4. The highest BCUT2D eigenvalue weighted by molar-refractivity contribution is 4.88. The normalized spacial score (nSPS) is 10.5. The zero-order valence-electron chi connectivity index (χ0n) is 15.8. The molecule has 0 radical (unpaired) electrons. The molecular weight excluding hydrogens is 286 g/mol. The van der Waals surface area contributed by atoms with Crippen LogP contribution in [0, 0.1) is 24.1 Å². The Morgan fingerprint density at radius 2 is 1.26 bits per heavy atom. The van der Waals surface area contributed by atoms with E-state index in [-0.39, 0.29) is 5.54 Å². The van der Waals surface area contributed by atoms with Crippen LogP contribution in [-0.2, 0) is 9.47 Å². The fraction of sp³-hybridized carbons (Fsp3) is 0.800. The molecule has 0 spiro atoms. The number of hydrogen-bond donors (Lipinski definition) is 0. The second-order valence-electron chi connectivity index (χ2n) is 6.47. The molecule has 0 aromatic carbocycles. The summed E-state index contributed by atoms with van der Waals surface area (Å²) in [5, 5.41) is 0. The molecule has 0 aromatic rings. The maximum absolute atomic E-state index is 5.37. The van der Waals surface area contributed by atoms with Crippen molar-refractivity contribution >= 4 is 0 Å². The average Bonchev–Trinajstić information content (AvgIpc) is 2.52. The van der Waals surface area contributed by atoms with Crippen LogP contribution in [0.2, 0.25) is 0 Å². The van der Waals surface area contributed by atoms with Crippen molar-refractivity contribution in [3.05, 3.63) is 0 Å². The molecule has 0 aromatic heterocycles. The van der Waals surface area contributed by atoms with Crippen molar-refractivity contribution < 1.29 is 9.47 Å². The van der Waals surface area contributed by atoms with Gasteiger partial charge in [0, 0.05) is 19.4 Å². The minimum absolute atomic E-state index is 0.00820. The van der Waals surface area contributed by atoms with E-state index in [4.69, 9.17) is 9.47 Å². The molecule has 0 aliphatic carbocycles. The van der Waals surface area contributed by atoms with Crippen LogP contribution >= 0.6 is 0 Å². The third kappa shape index (κ3) is 11.8. The number of rotatable bonds is 13.